The Morgan fingerprint density at radius 2 is 1.90 bits per heavy atom. The molecule has 2 heterocycles. The van der Waals surface area contributed by atoms with Gasteiger partial charge in [-0.2, -0.15) is 13.2 Å². The standard InChI is InChI=1S/C30H31F4N5O2/c1-38-15-36-37-28(38)29(11-20(12-29)41-2)17-4-3-5-19(8-17)39-14-24-23(27(39)40)6-16(7-25(24)30(32,33)34)13-35-18-9-21-22(10-18)26(21)31/h3-8,15,18,20-22,26,35H,9-14H2,1-2H3/t18?,20?,21-,22-,26?,29?/m1/s1. The Balaban J connectivity index is 1.18. The van der Waals surface area contributed by atoms with Crippen molar-refractivity contribution >= 4 is 11.6 Å². The van der Waals surface area contributed by atoms with E-state index in [0.29, 0.717) is 36.9 Å². The molecule has 216 valence electrons. The van der Waals surface area contributed by atoms with E-state index in [0.717, 1.165) is 17.5 Å². The molecule has 0 bridgehead atoms. The van der Waals surface area contributed by atoms with Crippen molar-refractivity contribution in [3.63, 3.8) is 0 Å². The van der Waals surface area contributed by atoms with Crippen molar-refractivity contribution in [3.05, 3.63) is 76.4 Å². The van der Waals surface area contributed by atoms with E-state index in [1.165, 1.54) is 4.90 Å². The van der Waals surface area contributed by atoms with Crippen LogP contribution in [0.2, 0.25) is 0 Å². The Morgan fingerprint density at radius 3 is 2.56 bits per heavy atom. The van der Waals surface area contributed by atoms with Crippen molar-refractivity contribution in [2.75, 3.05) is 12.0 Å². The molecule has 3 aliphatic carbocycles. The van der Waals surface area contributed by atoms with Crippen molar-refractivity contribution < 1.29 is 27.1 Å². The molecule has 2 atom stereocenters. The molecule has 1 N–H and O–H groups in total. The van der Waals surface area contributed by atoms with Crippen molar-refractivity contribution in [2.45, 2.75) is 68.7 Å². The quantitative estimate of drug-likeness (QED) is 0.409. The monoisotopic (exact) mass is 569 g/mol. The molecule has 1 aromatic heterocycles. The average molecular weight is 570 g/mol. The first-order valence-corrected chi connectivity index (χ1v) is 14.0. The molecule has 11 heteroatoms. The second-order valence-corrected chi connectivity index (χ2v) is 12.0. The highest BCUT2D eigenvalue weighted by Crippen LogP contribution is 2.54. The number of hydrogen-bond donors (Lipinski definition) is 1. The number of alkyl halides is 4. The largest absolute Gasteiger partial charge is 0.416 e. The summed E-state index contributed by atoms with van der Waals surface area (Å²) in [6.07, 6.45) is -0.895. The molecule has 7 nitrogen and oxygen atoms in total. The van der Waals surface area contributed by atoms with E-state index in [9.17, 15) is 22.4 Å². The summed E-state index contributed by atoms with van der Waals surface area (Å²) in [4.78, 5) is 15.1. The average Bonchev–Trinajstić information content (AvgIpc) is 3.34. The first-order valence-electron chi connectivity index (χ1n) is 14.0. The fourth-order valence-electron chi connectivity index (χ4n) is 7.34. The SMILES string of the molecule is COC1CC(c2cccc(N3Cc4c(cc(CNC5C[C@H]6C(F)[C@@H]6C5)cc4C(F)(F)F)C3=O)c2)(c2nncn2C)C1. The van der Waals surface area contributed by atoms with Crippen LogP contribution in [0.3, 0.4) is 0 Å². The number of halogens is 4. The fourth-order valence-corrected chi connectivity index (χ4v) is 7.34. The summed E-state index contributed by atoms with van der Waals surface area (Å²) >= 11 is 0. The molecule has 41 heavy (non-hydrogen) atoms. The Morgan fingerprint density at radius 1 is 1.15 bits per heavy atom. The van der Waals surface area contributed by atoms with Gasteiger partial charge in [0.1, 0.15) is 18.3 Å². The van der Waals surface area contributed by atoms with Crippen LogP contribution in [0.1, 0.15) is 64.1 Å². The van der Waals surface area contributed by atoms with Gasteiger partial charge in [-0.15, -0.1) is 10.2 Å². The number of benzene rings is 2. The van der Waals surface area contributed by atoms with Crippen molar-refractivity contribution in [2.24, 2.45) is 18.9 Å². The van der Waals surface area contributed by atoms with E-state index in [1.807, 2.05) is 29.8 Å². The van der Waals surface area contributed by atoms with Gasteiger partial charge in [-0.05, 0) is 78.5 Å². The number of aromatic nitrogens is 3. The predicted octanol–water partition coefficient (Wildman–Crippen LogP) is 4.93. The van der Waals surface area contributed by atoms with Crippen molar-refractivity contribution in [3.8, 4) is 0 Å². The number of nitrogens with one attached hydrogen (secondary N) is 1. The minimum absolute atomic E-state index is 0.00913. The third kappa shape index (κ3) is 4.27. The van der Waals surface area contributed by atoms with Gasteiger partial charge in [0, 0.05) is 38.0 Å². The number of rotatable bonds is 7. The van der Waals surface area contributed by atoms with Gasteiger partial charge in [0.15, 0.2) is 0 Å². The zero-order valence-corrected chi connectivity index (χ0v) is 22.8. The van der Waals surface area contributed by atoms with Crippen LogP contribution >= 0.6 is 0 Å². The maximum atomic E-state index is 14.2. The number of carbonyl (C=O) groups is 1. The molecular formula is C30H31F4N5O2. The molecular weight excluding hydrogens is 538 g/mol. The molecule has 2 aromatic carbocycles. The summed E-state index contributed by atoms with van der Waals surface area (Å²) in [5.41, 5.74) is 0.653. The molecule has 0 radical (unpaired) electrons. The molecule has 7 rings (SSSR count). The first kappa shape index (κ1) is 26.6. The highest BCUT2D eigenvalue weighted by molar-refractivity contribution is 6.10. The molecule has 0 saturated heterocycles. The first-order chi connectivity index (χ1) is 19.6. The molecule has 0 unspecified atom stereocenters. The van der Waals surface area contributed by atoms with E-state index < -0.39 is 29.2 Å². The smallest absolute Gasteiger partial charge is 0.381 e. The number of methoxy groups -OCH3 is 1. The Kier molecular flexibility index (Phi) is 6.06. The third-order valence-electron chi connectivity index (χ3n) is 9.68. The summed E-state index contributed by atoms with van der Waals surface area (Å²) in [5, 5.41) is 11.7. The molecule has 4 aliphatic rings. The summed E-state index contributed by atoms with van der Waals surface area (Å²) in [6.45, 7) is 0.0305. The number of carbonyl (C=O) groups excluding carboxylic acids is 1. The van der Waals surface area contributed by atoms with Gasteiger partial charge >= 0.3 is 6.18 Å². The molecule has 1 amide bonds. The Hall–Kier alpha value is -3.31. The van der Waals surface area contributed by atoms with Gasteiger partial charge in [0.2, 0.25) is 0 Å². The van der Waals surface area contributed by atoms with Crippen LogP contribution in [-0.2, 0) is 36.5 Å². The zero-order chi connectivity index (χ0) is 28.7. The van der Waals surface area contributed by atoms with E-state index in [1.54, 1.807) is 25.6 Å². The van der Waals surface area contributed by atoms with E-state index >= 15 is 0 Å². The summed E-state index contributed by atoms with van der Waals surface area (Å²) in [5.74, 6) is 0.481. The fraction of sp³-hybridized carbons (Fsp3) is 0.500. The summed E-state index contributed by atoms with van der Waals surface area (Å²) in [6, 6.07) is 10.2. The number of ether oxygens (including phenoxy) is 1. The number of amides is 1. The molecule has 3 saturated carbocycles. The van der Waals surface area contributed by atoms with Crippen LogP contribution in [0, 0.1) is 11.8 Å². The minimum Gasteiger partial charge on any atom is -0.381 e. The minimum atomic E-state index is -4.61. The van der Waals surface area contributed by atoms with Crippen LogP contribution in [0.5, 0.6) is 0 Å². The second-order valence-electron chi connectivity index (χ2n) is 12.0. The number of aryl methyl sites for hydroxylation is 1. The number of nitrogens with zero attached hydrogens (tertiary/aromatic N) is 4. The van der Waals surface area contributed by atoms with E-state index in [-0.39, 0.29) is 48.2 Å². The lowest BCUT2D eigenvalue weighted by molar-refractivity contribution is -0.138. The van der Waals surface area contributed by atoms with Crippen LogP contribution in [0.25, 0.3) is 0 Å². The van der Waals surface area contributed by atoms with Gasteiger partial charge < -0.3 is 19.5 Å². The van der Waals surface area contributed by atoms with Gasteiger partial charge in [-0.3, -0.25) is 4.79 Å². The number of anilines is 1. The van der Waals surface area contributed by atoms with Crippen molar-refractivity contribution in [1.82, 2.24) is 20.1 Å². The molecule has 1 aliphatic heterocycles. The van der Waals surface area contributed by atoms with Crippen LogP contribution in [0.15, 0.2) is 42.7 Å². The highest BCUT2D eigenvalue weighted by Gasteiger charge is 2.56. The maximum Gasteiger partial charge on any atom is 0.416 e. The van der Waals surface area contributed by atoms with E-state index in [4.69, 9.17) is 4.74 Å². The number of hydrogen-bond acceptors (Lipinski definition) is 5. The molecule has 3 fully saturated rings. The number of fused-ring (bicyclic) bond motifs is 2. The van der Waals surface area contributed by atoms with Crippen molar-refractivity contribution in [1.29, 1.82) is 0 Å². The lowest BCUT2D eigenvalue weighted by Gasteiger charge is -2.46. The Bertz CT molecular complexity index is 1500. The predicted molar refractivity (Wildman–Crippen MR) is 142 cm³/mol. The summed E-state index contributed by atoms with van der Waals surface area (Å²) < 4.78 is 63.7. The molecule has 0 spiro atoms. The second kappa shape index (κ2) is 9.35. The van der Waals surface area contributed by atoms with Crippen LogP contribution in [0.4, 0.5) is 23.2 Å². The van der Waals surface area contributed by atoms with Crippen LogP contribution < -0.4 is 10.2 Å². The Labute approximate surface area is 234 Å². The normalized spacial score (nSPS) is 29.0. The van der Waals surface area contributed by atoms with Gasteiger partial charge in [0.25, 0.3) is 5.91 Å². The lowest BCUT2D eigenvalue weighted by Crippen LogP contribution is -2.48. The van der Waals surface area contributed by atoms with Crippen LogP contribution in [-0.4, -0.2) is 46.1 Å². The third-order valence-corrected chi connectivity index (χ3v) is 9.68. The highest BCUT2D eigenvalue weighted by atomic mass is 19.4. The molecule has 3 aromatic rings. The van der Waals surface area contributed by atoms with Gasteiger partial charge in [0.05, 0.1) is 23.6 Å². The van der Waals surface area contributed by atoms with Gasteiger partial charge in [-0.1, -0.05) is 12.1 Å². The topological polar surface area (TPSA) is 72.3 Å². The zero-order valence-electron chi connectivity index (χ0n) is 22.8. The lowest BCUT2D eigenvalue weighted by atomic mass is 9.62. The van der Waals surface area contributed by atoms with Gasteiger partial charge in [-0.25, -0.2) is 4.39 Å². The summed E-state index contributed by atoms with van der Waals surface area (Å²) in [7, 11) is 3.54. The maximum absolute atomic E-state index is 14.2. The van der Waals surface area contributed by atoms with E-state index in [2.05, 4.69) is 15.5 Å².